The van der Waals surface area contributed by atoms with E-state index in [0.29, 0.717) is 5.84 Å². The minimum Gasteiger partial charge on any atom is -0.456 e. The van der Waals surface area contributed by atoms with Gasteiger partial charge in [-0.3, -0.25) is 0 Å². The topological polar surface area (TPSA) is 68.0 Å². The molecule has 1 N–H and O–H groups in total. The minimum absolute atomic E-state index is 0.426. The number of amidine groups is 2. The number of furan rings is 2. The van der Waals surface area contributed by atoms with Crippen molar-refractivity contribution in [1.29, 1.82) is 0 Å². The number of hydrogen-bond donors (Lipinski definition) is 1. The Labute approximate surface area is 326 Å². The highest BCUT2D eigenvalue weighted by Gasteiger charge is 2.25. The SMILES string of the molecule is c1ccc(C2=NC(c3ccc4c(c3)oc3ccc(-c5ccc6c(c5)c5ccccc5n6-c5ccccc5)cc34)=NC(c3cccc4c3oc3ccccc34)N2)cc1. The molecule has 0 fully saturated rings. The summed E-state index contributed by atoms with van der Waals surface area (Å²) in [6, 6.07) is 63.4. The van der Waals surface area contributed by atoms with Gasteiger partial charge in [0.05, 0.1) is 11.0 Å². The summed E-state index contributed by atoms with van der Waals surface area (Å²) in [6.45, 7) is 0. The van der Waals surface area contributed by atoms with Crippen LogP contribution in [0.25, 0.3) is 82.5 Å². The Balaban J connectivity index is 0.957. The van der Waals surface area contributed by atoms with Crippen molar-refractivity contribution >= 4 is 77.4 Å². The Morgan fingerprint density at radius 2 is 1.11 bits per heavy atom. The second-order valence-electron chi connectivity index (χ2n) is 14.6. The standard InChI is InChI=1S/C51H32N4O2/c1-3-12-31(13-4-1)49-52-50(54-51(53-49)40-19-11-18-39-37-17-8-10-21-45(37)57-48(39)40)34-22-25-38-42-29-33(24-27-46(42)56-47(38)30-34)32-23-26-44-41(28-32)36-16-7-9-20-43(36)55(44)35-14-5-2-6-15-35/h1-30,51H,(H,52,53,54). The maximum absolute atomic E-state index is 6.53. The lowest BCUT2D eigenvalue weighted by Crippen LogP contribution is -2.33. The Kier molecular flexibility index (Phi) is 6.89. The number of nitrogens with one attached hydrogen (secondary N) is 1. The first-order chi connectivity index (χ1) is 28.2. The van der Waals surface area contributed by atoms with Gasteiger partial charge in [-0.05, 0) is 71.8 Å². The van der Waals surface area contributed by atoms with Crippen LogP contribution in [-0.2, 0) is 0 Å². The van der Waals surface area contributed by atoms with Gasteiger partial charge in [-0.1, -0.05) is 121 Å². The smallest absolute Gasteiger partial charge is 0.159 e. The Morgan fingerprint density at radius 1 is 0.439 bits per heavy atom. The molecule has 1 aliphatic heterocycles. The molecule has 6 heteroatoms. The lowest BCUT2D eigenvalue weighted by atomic mass is 10.0. The van der Waals surface area contributed by atoms with Crippen LogP contribution in [0.5, 0.6) is 0 Å². The van der Waals surface area contributed by atoms with E-state index in [0.717, 1.165) is 83.2 Å². The highest BCUT2D eigenvalue weighted by atomic mass is 16.3. The first kappa shape index (κ1) is 31.6. The van der Waals surface area contributed by atoms with E-state index in [1.165, 1.54) is 21.8 Å². The van der Waals surface area contributed by atoms with E-state index in [-0.39, 0.29) is 0 Å². The molecule has 268 valence electrons. The molecule has 11 aromatic rings. The fraction of sp³-hybridized carbons (Fsp3) is 0.0196. The normalized spacial score (nSPS) is 14.5. The van der Waals surface area contributed by atoms with Gasteiger partial charge >= 0.3 is 0 Å². The van der Waals surface area contributed by atoms with E-state index >= 15 is 0 Å². The largest absolute Gasteiger partial charge is 0.456 e. The van der Waals surface area contributed by atoms with Crippen molar-refractivity contribution in [1.82, 2.24) is 9.88 Å². The van der Waals surface area contributed by atoms with E-state index in [1.807, 2.05) is 36.4 Å². The van der Waals surface area contributed by atoms with Gasteiger partial charge in [0.2, 0.25) is 0 Å². The van der Waals surface area contributed by atoms with Crippen molar-refractivity contribution in [2.75, 3.05) is 0 Å². The van der Waals surface area contributed by atoms with E-state index in [9.17, 15) is 0 Å². The molecule has 0 aliphatic carbocycles. The number of para-hydroxylation sites is 4. The fourth-order valence-electron chi connectivity index (χ4n) is 8.57. The quantitative estimate of drug-likeness (QED) is 0.192. The van der Waals surface area contributed by atoms with Crippen LogP contribution < -0.4 is 5.32 Å². The van der Waals surface area contributed by atoms with Crippen molar-refractivity contribution in [3.63, 3.8) is 0 Å². The molecule has 0 saturated carbocycles. The number of rotatable bonds is 5. The molecular formula is C51H32N4O2. The van der Waals surface area contributed by atoms with Crippen LogP contribution in [0.4, 0.5) is 0 Å². The molecule has 6 nitrogen and oxygen atoms in total. The van der Waals surface area contributed by atoms with Crippen molar-refractivity contribution in [2.24, 2.45) is 9.98 Å². The van der Waals surface area contributed by atoms with Crippen molar-refractivity contribution in [2.45, 2.75) is 6.17 Å². The minimum atomic E-state index is -0.426. The van der Waals surface area contributed by atoms with Crippen LogP contribution in [0.1, 0.15) is 22.9 Å². The molecular weight excluding hydrogens is 701 g/mol. The summed E-state index contributed by atoms with van der Waals surface area (Å²) >= 11 is 0. The average Bonchev–Trinajstić information content (AvgIpc) is 3.95. The van der Waals surface area contributed by atoms with E-state index < -0.39 is 6.17 Å². The molecule has 0 amide bonds. The molecule has 0 radical (unpaired) electrons. The van der Waals surface area contributed by atoms with Crippen LogP contribution in [0.3, 0.4) is 0 Å². The van der Waals surface area contributed by atoms with Gasteiger partial charge in [0.15, 0.2) is 12.0 Å². The summed E-state index contributed by atoms with van der Waals surface area (Å²) in [5.41, 5.74) is 11.9. The highest BCUT2D eigenvalue weighted by Crippen LogP contribution is 2.39. The van der Waals surface area contributed by atoms with Gasteiger partial charge in [-0.2, -0.15) is 0 Å². The molecule has 1 aliphatic rings. The second kappa shape index (κ2) is 12.4. The first-order valence-corrected chi connectivity index (χ1v) is 19.2. The van der Waals surface area contributed by atoms with Crippen molar-refractivity contribution in [3.8, 4) is 16.8 Å². The zero-order chi connectivity index (χ0) is 37.5. The third-order valence-electron chi connectivity index (χ3n) is 11.3. The van der Waals surface area contributed by atoms with Gasteiger partial charge in [-0.15, -0.1) is 0 Å². The molecule has 3 aromatic heterocycles. The summed E-state index contributed by atoms with van der Waals surface area (Å²) in [5.74, 6) is 1.37. The number of nitrogens with zero attached hydrogens (tertiary/aromatic N) is 3. The number of benzene rings is 8. The third-order valence-corrected chi connectivity index (χ3v) is 11.3. The van der Waals surface area contributed by atoms with Crippen LogP contribution in [0.15, 0.2) is 201 Å². The molecule has 8 aromatic carbocycles. The number of aromatic nitrogens is 1. The molecule has 0 spiro atoms. The zero-order valence-corrected chi connectivity index (χ0v) is 30.6. The average molecular weight is 733 g/mol. The molecule has 12 rings (SSSR count). The predicted octanol–water partition coefficient (Wildman–Crippen LogP) is 12.7. The zero-order valence-electron chi connectivity index (χ0n) is 30.6. The lowest BCUT2D eigenvalue weighted by Gasteiger charge is -2.23. The van der Waals surface area contributed by atoms with E-state index in [1.54, 1.807) is 0 Å². The van der Waals surface area contributed by atoms with Crippen molar-refractivity contribution < 1.29 is 8.83 Å². The Morgan fingerprint density at radius 3 is 1.98 bits per heavy atom. The second-order valence-corrected chi connectivity index (χ2v) is 14.6. The predicted molar refractivity (Wildman–Crippen MR) is 233 cm³/mol. The van der Waals surface area contributed by atoms with Gasteiger partial charge < -0.3 is 18.7 Å². The summed E-state index contributed by atoms with van der Waals surface area (Å²) < 4.78 is 15.3. The molecule has 0 saturated heterocycles. The first-order valence-electron chi connectivity index (χ1n) is 19.2. The third kappa shape index (κ3) is 5.04. The summed E-state index contributed by atoms with van der Waals surface area (Å²) in [4.78, 5) is 10.3. The van der Waals surface area contributed by atoms with Crippen LogP contribution in [0.2, 0.25) is 0 Å². The van der Waals surface area contributed by atoms with Gasteiger partial charge in [0, 0.05) is 54.7 Å². The summed E-state index contributed by atoms with van der Waals surface area (Å²) in [7, 11) is 0. The monoisotopic (exact) mass is 732 g/mol. The molecule has 1 unspecified atom stereocenters. The Bertz CT molecular complexity index is 3440. The lowest BCUT2D eigenvalue weighted by molar-refractivity contribution is 0.628. The molecule has 1 atom stereocenters. The Hall–Kier alpha value is -7.70. The molecule has 0 bridgehead atoms. The maximum Gasteiger partial charge on any atom is 0.159 e. The summed E-state index contributed by atoms with van der Waals surface area (Å²) in [5, 5.41) is 10.3. The number of fused-ring (bicyclic) bond motifs is 9. The van der Waals surface area contributed by atoms with Crippen LogP contribution in [0, 0.1) is 0 Å². The van der Waals surface area contributed by atoms with Crippen LogP contribution >= 0.6 is 0 Å². The molecule has 57 heavy (non-hydrogen) atoms. The number of aliphatic imine (C=N–C) groups is 2. The van der Waals surface area contributed by atoms with Crippen molar-refractivity contribution in [3.05, 3.63) is 199 Å². The maximum atomic E-state index is 6.53. The molecule has 4 heterocycles. The van der Waals surface area contributed by atoms with Gasteiger partial charge in [-0.25, -0.2) is 9.98 Å². The number of hydrogen-bond acceptors (Lipinski definition) is 5. The van der Waals surface area contributed by atoms with Gasteiger partial charge in [0.1, 0.15) is 28.2 Å². The van der Waals surface area contributed by atoms with E-state index in [2.05, 4.69) is 155 Å². The summed E-state index contributed by atoms with van der Waals surface area (Å²) in [6.07, 6.45) is -0.426. The van der Waals surface area contributed by atoms with Crippen LogP contribution in [-0.4, -0.2) is 16.2 Å². The van der Waals surface area contributed by atoms with Gasteiger partial charge in [0.25, 0.3) is 0 Å². The fourth-order valence-corrected chi connectivity index (χ4v) is 8.57. The highest BCUT2D eigenvalue weighted by molar-refractivity contribution is 6.16. The van der Waals surface area contributed by atoms with E-state index in [4.69, 9.17) is 18.8 Å².